The third kappa shape index (κ3) is 4.70. The minimum absolute atomic E-state index is 0.00803. The van der Waals surface area contributed by atoms with Gasteiger partial charge in [0.25, 0.3) is 5.91 Å². The van der Waals surface area contributed by atoms with Gasteiger partial charge in [0.2, 0.25) is 0 Å². The van der Waals surface area contributed by atoms with Gasteiger partial charge in [-0.3, -0.25) is 4.79 Å². The number of carbonyl (C=O) groups is 1. The molecule has 0 aliphatic carbocycles. The van der Waals surface area contributed by atoms with E-state index in [1.54, 1.807) is 13.2 Å². The molecule has 0 fully saturated rings. The minimum atomic E-state index is -0.807. The maximum atomic E-state index is 14.1. The van der Waals surface area contributed by atoms with Crippen molar-refractivity contribution in [1.29, 1.82) is 0 Å². The molecule has 0 saturated heterocycles. The van der Waals surface area contributed by atoms with Crippen molar-refractivity contribution in [3.05, 3.63) is 57.8 Å². The van der Waals surface area contributed by atoms with Crippen LogP contribution < -0.4 is 15.8 Å². The van der Waals surface area contributed by atoms with E-state index in [2.05, 4.69) is 21.2 Å². The highest BCUT2D eigenvalue weighted by Crippen LogP contribution is 2.27. The Hall–Kier alpha value is -2.12. The van der Waals surface area contributed by atoms with Crippen LogP contribution in [0.4, 0.5) is 10.1 Å². The third-order valence-electron chi connectivity index (χ3n) is 3.91. The fourth-order valence-electron chi connectivity index (χ4n) is 2.59. The summed E-state index contributed by atoms with van der Waals surface area (Å²) < 4.78 is 19.8. The van der Waals surface area contributed by atoms with Gasteiger partial charge in [-0.1, -0.05) is 28.1 Å². The molecule has 25 heavy (non-hydrogen) atoms. The number of nitrogens with two attached hydrogens (primary N) is 1. The lowest BCUT2D eigenvalue weighted by molar-refractivity contribution is 0.0997. The number of benzene rings is 2. The smallest absolute Gasteiger partial charge is 0.253 e. The molecule has 0 radical (unpaired) electrons. The maximum Gasteiger partial charge on any atom is 0.253 e. The highest BCUT2D eigenvalue weighted by molar-refractivity contribution is 9.10. The van der Waals surface area contributed by atoms with E-state index < -0.39 is 11.7 Å². The van der Waals surface area contributed by atoms with Gasteiger partial charge in [0.15, 0.2) is 0 Å². The number of hydrogen-bond donors (Lipinski definition) is 2. The monoisotopic (exact) mass is 409 g/mol. The highest BCUT2D eigenvalue weighted by Gasteiger charge is 2.19. The molecule has 3 N–H and O–H groups in total. The van der Waals surface area contributed by atoms with Crippen LogP contribution in [-0.2, 0) is 0 Å². The summed E-state index contributed by atoms with van der Waals surface area (Å²) >= 11 is 3.24. The van der Waals surface area contributed by atoms with Crippen LogP contribution >= 0.6 is 15.9 Å². The molecule has 1 amide bonds. The highest BCUT2D eigenvalue weighted by atomic mass is 79.9. The van der Waals surface area contributed by atoms with Gasteiger partial charge in [-0.15, -0.1) is 0 Å². The van der Waals surface area contributed by atoms with Gasteiger partial charge in [-0.05, 0) is 43.9 Å². The molecule has 2 aromatic carbocycles. The first-order chi connectivity index (χ1) is 11.8. The van der Waals surface area contributed by atoms with E-state index in [1.807, 2.05) is 43.3 Å². The lowest BCUT2D eigenvalue weighted by Crippen LogP contribution is -2.27. The quantitative estimate of drug-likeness (QED) is 0.734. The average Bonchev–Trinajstić information content (AvgIpc) is 2.54. The summed E-state index contributed by atoms with van der Waals surface area (Å²) in [5.74, 6) is -0.687. The normalized spacial score (nSPS) is 12.1. The molecule has 0 aliphatic rings. The Labute approximate surface area is 155 Å². The van der Waals surface area contributed by atoms with Gasteiger partial charge in [-0.25, -0.2) is 4.39 Å². The molecular weight excluding hydrogens is 389 g/mol. The number of methoxy groups -OCH3 is 1. The van der Waals surface area contributed by atoms with Crippen LogP contribution in [0.25, 0.3) is 0 Å². The van der Waals surface area contributed by atoms with Crippen molar-refractivity contribution in [1.82, 2.24) is 4.90 Å². The minimum Gasteiger partial charge on any atom is -0.497 e. The topological polar surface area (TPSA) is 67.6 Å². The van der Waals surface area contributed by atoms with Gasteiger partial charge in [0, 0.05) is 11.0 Å². The molecular formula is C18H21BrFN3O2. The first-order valence-corrected chi connectivity index (χ1v) is 8.46. The molecule has 0 aliphatic heterocycles. The predicted octanol–water partition coefficient (Wildman–Crippen LogP) is 3.41. The largest absolute Gasteiger partial charge is 0.497 e. The summed E-state index contributed by atoms with van der Waals surface area (Å²) in [7, 11) is 5.52. The molecule has 0 aromatic heterocycles. The Morgan fingerprint density at radius 1 is 1.32 bits per heavy atom. The SMILES string of the molecule is COc1ccc(C(CNc2cc(Br)cc(F)c2C(N)=O)N(C)C)cc1. The van der Waals surface area contributed by atoms with Gasteiger partial charge in [-0.2, -0.15) is 0 Å². The van der Waals surface area contributed by atoms with Gasteiger partial charge < -0.3 is 20.7 Å². The number of amides is 1. The van der Waals surface area contributed by atoms with Crippen molar-refractivity contribution in [3.63, 3.8) is 0 Å². The fourth-order valence-corrected chi connectivity index (χ4v) is 3.02. The van der Waals surface area contributed by atoms with E-state index in [-0.39, 0.29) is 11.6 Å². The lowest BCUT2D eigenvalue weighted by atomic mass is 10.0. The Morgan fingerprint density at radius 2 is 1.96 bits per heavy atom. The first kappa shape index (κ1) is 19.2. The van der Waals surface area contributed by atoms with Crippen LogP contribution in [0.15, 0.2) is 40.9 Å². The second-order valence-corrected chi connectivity index (χ2v) is 6.72. The zero-order valence-corrected chi connectivity index (χ0v) is 15.9. The Bertz CT molecular complexity index is 751. The molecule has 1 unspecified atom stereocenters. The predicted molar refractivity (Wildman–Crippen MR) is 101 cm³/mol. The number of halogens is 2. The molecule has 2 aromatic rings. The van der Waals surface area contributed by atoms with E-state index in [1.165, 1.54) is 6.07 Å². The molecule has 0 bridgehead atoms. The van der Waals surface area contributed by atoms with Crippen molar-refractivity contribution in [3.8, 4) is 5.75 Å². The van der Waals surface area contributed by atoms with Crippen LogP contribution in [0.2, 0.25) is 0 Å². The zero-order valence-electron chi connectivity index (χ0n) is 14.3. The van der Waals surface area contributed by atoms with Crippen LogP contribution in [0.3, 0.4) is 0 Å². The Balaban J connectivity index is 2.26. The van der Waals surface area contributed by atoms with Crippen LogP contribution in [0, 0.1) is 5.82 Å². The second-order valence-electron chi connectivity index (χ2n) is 5.81. The molecule has 7 heteroatoms. The van der Waals surface area contributed by atoms with E-state index >= 15 is 0 Å². The van der Waals surface area contributed by atoms with Crippen molar-refractivity contribution in [2.24, 2.45) is 5.73 Å². The number of hydrogen-bond acceptors (Lipinski definition) is 4. The molecule has 5 nitrogen and oxygen atoms in total. The van der Waals surface area contributed by atoms with Crippen molar-refractivity contribution in [2.45, 2.75) is 6.04 Å². The van der Waals surface area contributed by atoms with Crippen molar-refractivity contribution >= 4 is 27.5 Å². The fraction of sp³-hybridized carbons (Fsp3) is 0.278. The molecule has 2 rings (SSSR count). The summed E-state index contributed by atoms with van der Waals surface area (Å²) in [6, 6.07) is 10.6. The van der Waals surface area contributed by atoms with Crippen LogP contribution in [0.5, 0.6) is 5.75 Å². The first-order valence-electron chi connectivity index (χ1n) is 7.66. The number of likely N-dealkylation sites (N-methyl/N-ethyl adjacent to an activating group) is 1. The molecule has 1 atom stereocenters. The van der Waals surface area contributed by atoms with Crippen LogP contribution in [-0.4, -0.2) is 38.6 Å². The van der Waals surface area contributed by atoms with E-state index in [9.17, 15) is 9.18 Å². The third-order valence-corrected chi connectivity index (χ3v) is 4.37. The van der Waals surface area contributed by atoms with Gasteiger partial charge in [0.05, 0.1) is 24.4 Å². The van der Waals surface area contributed by atoms with E-state index in [0.29, 0.717) is 16.7 Å². The lowest BCUT2D eigenvalue weighted by Gasteiger charge is -2.26. The number of nitrogens with zero attached hydrogens (tertiary/aromatic N) is 1. The number of carbonyl (C=O) groups excluding carboxylic acids is 1. The number of rotatable bonds is 7. The van der Waals surface area contributed by atoms with E-state index in [0.717, 1.165) is 11.3 Å². The number of ether oxygens (including phenoxy) is 1. The molecule has 0 heterocycles. The van der Waals surface area contributed by atoms with Gasteiger partial charge >= 0.3 is 0 Å². The average molecular weight is 410 g/mol. The standard InChI is InChI=1S/C18H21BrFN3O2/c1-23(2)16(11-4-6-13(25-3)7-5-11)10-22-15-9-12(19)8-14(20)17(15)18(21)24/h4-9,16,22H,10H2,1-3H3,(H2,21,24). The van der Waals surface area contributed by atoms with Crippen LogP contribution in [0.1, 0.15) is 22.0 Å². The number of nitrogens with one attached hydrogen (secondary N) is 1. The van der Waals surface area contributed by atoms with E-state index in [4.69, 9.17) is 10.5 Å². The zero-order chi connectivity index (χ0) is 18.6. The molecule has 0 spiro atoms. The summed E-state index contributed by atoms with van der Waals surface area (Å²) in [4.78, 5) is 13.6. The molecule has 0 saturated carbocycles. The summed E-state index contributed by atoms with van der Waals surface area (Å²) in [6.07, 6.45) is 0. The number of anilines is 1. The van der Waals surface area contributed by atoms with Crippen molar-refractivity contribution in [2.75, 3.05) is 33.1 Å². The summed E-state index contributed by atoms with van der Waals surface area (Å²) in [6.45, 7) is 0.468. The molecule has 134 valence electrons. The van der Waals surface area contributed by atoms with Crippen molar-refractivity contribution < 1.29 is 13.9 Å². The summed E-state index contributed by atoms with van der Waals surface area (Å²) in [5, 5.41) is 3.14. The Kier molecular flexibility index (Phi) is 6.39. The maximum absolute atomic E-state index is 14.1. The number of primary amides is 1. The Morgan fingerprint density at radius 3 is 2.48 bits per heavy atom. The van der Waals surface area contributed by atoms with Gasteiger partial charge in [0.1, 0.15) is 11.6 Å². The second kappa shape index (κ2) is 8.31. The summed E-state index contributed by atoms with van der Waals surface area (Å²) in [5.41, 5.74) is 6.60.